The van der Waals surface area contributed by atoms with Crippen molar-refractivity contribution in [3.05, 3.63) is 63.7 Å². The molecule has 0 bridgehead atoms. The number of rotatable bonds is 7. The molecule has 188 valence electrons. The lowest BCUT2D eigenvalue weighted by Crippen LogP contribution is -2.44. The maximum atomic E-state index is 13.0. The predicted octanol–water partition coefficient (Wildman–Crippen LogP) is 4.23. The number of ether oxygens (including phenoxy) is 1. The van der Waals surface area contributed by atoms with Crippen molar-refractivity contribution in [2.24, 2.45) is 5.92 Å². The zero-order chi connectivity index (χ0) is 24.9. The Labute approximate surface area is 211 Å². The number of aryl methyl sites for hydroxylation is 1. The number of carboxylic acid groups (broad SMARTS) is 1. The smallest absolute Gasteiger partial charge is 0.336 e. The molecule has 0 aliphatic carbocycles. The maximum absolute atomic E-state index is 13.0. The number of nitrogens with zero attached hydrogens (tertiary/aromatic N) is 2. The number of piperidine rings is 2. The molecule has 0 radical (unpaired) electrons. The molecule has 8 heteroatoms. The van der Waals surface area contributed by atoms with Gasteiger partial charge in [-0.15, -0.1) is 0 Å². The highest BCUT2D eigenvalue weighted by Gasteiger charge is 2.29. The lowest BCUT2D eigenvalue weighted by atomic mass is 9.94. The van der Waals surface area contributed by atoms with E-state index in [2.05, 4.69) is 4.90 Å². The standard InChI is InChI=1S/C27H33ClN2O5/c1-18-2-5-23(27(33)34)24(14-18)26(32)30-12-6-19(7-13-30)16-29-10-8-21(9-11-29)35-22-4-3-20(17-31)25(28)15-22/h2-5,14-15,19,21,31H,6-13,16-17H2,1H3,(H,33,34). The molecule has 0 atom stereocenters. The molecule has 2 aromatic carbocycles. The highest BCUT2D eigenvalue weighted by atomic mass is 35.5. The van der Waals surface area contributed by atoms with E-state index in [0.717, 1.165) is 56.6 Å². The lowest BCUT2D eigenvalue weighted by Gasteiger charge is -2.37. The fourth-order valence-corrected chi connectivity index (χ4v) is 5.24. The Kier molecular flexibility index (Phi) is 8.31. The van der Waals surface area contributed by atoms with Gasteiger partial charge >= 0.3 is 5.97 Å². The Hall–Kier alpha value is -2.61. The first-order valence-electron chi connectivity index (χ1n) is 12.3. The predicted molar refractivity (Wildman–Crippen MR) is 134 cm³/mol. The van der Waals surface area contributed by atoms with E-state index in [1.807, 2.05) is 13.0 Å². The van der Waals surface area contributed by atoms with Crippen LogP contribution in [0, 0.1) is 12.8 Å². The van der Waals surface area contributed by atoms with E-state index >= 15 is 0 Å². The Morgan fingerprint density at radius 3 is 2.34 bits per heavy atom. The van der Waals surface area contributed by atoms with Gasteiger partial charge in [0.15, 0.2) is 0 Å². The normalized spacial score (nSPS) is 18.0. The second kappa shape index (κ2) is 11.4. The first-order valence-corrected chi connectivity index (χ1v) is 12.6. The SMILES string of the molecule is Cc1ccc(C(=O)O)c(C(=O)N2CCC(CN3CCC(Oc4ccc(CO)c(Cl)c4)CC3)CC2)c1. The van der Waals surface area contributed by atoms with Gasteiger partial charge in [-0.05, 0) is 68.4 Å². The molecular formula is C27H33ClN2O5. The van der Waals surface area contributed by atoms with Gasteiger partial charge in [-0.3, -0.25) is 4.79 Å². The van der Waals surface area contributed by atoms with Crippen LogP contribution in [-0.2, 0) is 6.61 Å². The zero-order valence-corrected chi connectivity index (χ0v) is 20.8. The molecule has 2 aliphatic heterocycles. The largest absolute Gasteiger partial charge is 0.490 e. The highest BCUT2D eigenvalue weighted by molar-refractivity contribution is 6.31. The first-order chi connectivity index (χ1) is 16.8. The molecule has 2 heterocycles. The summed E-state index contributed by atoms with van der Waals surface area (Å²) in [4.78, 5) is 28.9. The number of likely N-dealkylation sites (tertiary alicyclic amines) is 2. The number of hydrogen-bond acceptors (Lipinski definition) is 5. The van der Waals surface area contributed by atoms with Gasteiger partial charge in [0.05, 0.1) is 17.7 Å². The van der Waals surface area contributed by atoms with Crippen molar-refractivity contribution in [2.75, 3.05) is 32.7 Å². The fourth-order valence-electron chi connectivity index (χ4n) is 5.01. The van der Waals surface area contributed by atoms with E-state index in [1.54, 1.807) is 29.2 Å². The molecular weight excluding hydrogens is 468 g/mol. The quantitative estimate of drug-likeness (QED) is 0.591. The van der Waals surface area contributed by atoms with E-state index in [9.17, 15) is 19.8 Å². The van der Waals surface area contributed by atoms with Gasteiger partial charge in [-0.25, -0.2) is 4.79 Å². The Morgan fingerprint density at radius 2 is 1.71 bits per heavy atom. The topological polar surface area (TPSA) is 90.3 Å². The number of aliphatic hydroxyl groups excluding tert-OH is 1. The second-order valence-corrected chi connectivity index (χ2v) is 10.0. The molecule has 2 fully saturated rings. The molecule has 2 N–H and O–H groups in total. The van der Waals surface area contributed by atoms with Crippen LogP contribution in [0.2, 0.25) is 5.02 Å². The third-order valence-corrected chi connectivity index (χ3v) is 7.44. The number of benzene rings is 2. The molecule has 0 saturated carbocycles. The van der Waals surface area contributed by atoms with Crippen molar-refractivity contribution < 1.29 is 24.5 Å². The Morgan fingerprint density at radius 1 is 1.00 bits per heavy atom. The third kappa shape index (κ3) is 6.34. The van der Waals surface area contributed by atoms with Crippen molar-refractivity contribution in [2.45, 2.75) is 45.3 Å². The molecule has 2 saturated heterocycles. The summed E-state index contributed by atoms with van der Waals surface area (Å²) >= 11 is 6.17. The average Bonchev–Trinajstić information content (AvgIpc) is 2.85. The molecule has 4 rings (SSSR count). The van der Waals surface area contributed by atoms with Crippen LogP contribution in [0.15, 0.2) is 36.4 Å². The van der Waals surface area contributed by atoms with Gasteiger partial charge in [-0.1, -0.05) is 29.3 Å². The van der Waals surface area contributed by atoms with Crippen LogP contribution in [0.3, 0.4) is 0 Å². The van der Waals surface area contributed by atoms with Crippen molar-refractivity contribution in [3.8, 4) is 5.75 Å². The van der Waals surface area contributed by atoms with Gasteiger partial charge in [0, 0.05) is 37.7 Å². The summed E-state index contributed by atoms with van der Waals surface area (Å²) in [5.41, 5.74) is 1.93. The summed E-state index contributed by atoms with van der Waals surface area (Å²) in [6.07, 6.45) is 3.89. The van der Waals surface area contributed by atoms with Crippen LogP contribution in [0.4, 0.5) is 0 Å². The second-order valence-electron chi connectivity index (χ2n) is 9.62. The number of carboxylic acids is 1. The summed E-state index contributed by atoms with van der Waals surface area (Å²) in [6, 6.07) is 10.3. The van der Waals surface area contributed by atoms with Crippen LogP contribution in [0.5, 0.6) is 5.75 Å². The molecule has 35 heavy (non-hydrogen) atoms. The molecule has 2 aliphatic rings. The van der Waals surface area contributed by atoms with Crippen molar-refractivity contribution in [1.82, 2.24) is 9.80 Å². The minimum absolute atomic E-state index is 0.0689. The van der Waals surface area contributed by atoms with E-state index < -0.39 is 5.97 Å². The number of aromatic carboxylic acids is 1. The van der Waals surface area contributed by atoms with Crippen LogP contribution >= 0.6 is 11.6 Å². The van der Waals surface area contributed by atoms with E-state index in [4.69, 9.17) is 16.3 Å². The number of carbonyl (C=O) groups excluding carboxylic acids is 1. The number of carbonyl (C=O) groups is 2. The molecule has 0 aromatic heterocycles. The van der Waals surface area contributed by atoms with Crippen molar-refractivity contribution in [1.29, 1.82) is 0 Å². The van der Waals surface area contributed by atoms with Crippen molar-refractivity contribution in [3.63, 3.8) is 0 Å². The average molecular weight is 501 g/mol. The highest BCUT2D eigenvalue weighted by Crippen LogP contribution is 2.27. The van der Waals surface area contributed by atoms with Crippen molar-refractivity contribution >= 4 is 23.5 Å². The number of hydrogen-bond donors (Lipinski definition) is 2. The Balaban J connectivity index is 1.23. The lowest BCUT2D eigenvalue weighted by molar-refractivity contribution is 0.0594. The van der Waals surface area contributed by atoms with Gasteiger partial charge in [-0.2, -0.15) is 0 Å². The summed E-state index contributed by atoms with van der Waals surface area (Å²) in [5, 5.41) is 19.2. The van der Waals surface area contributed by atoms with Gasteiger partial charge in [0.1, 0.15) is 11.9 Å². The van der Waals surface area contributed by atoms with Gasteiger partial charge in [0.2, 0.25) is 0 Å². The van der Waals surface area contributed by atoms with Crippen LogP contribution in [-0.4, -0.2) is 70.7 Å². The number of halogens is 1. The molecule has 0 unspecified atom stereocenters. The van der Waals surface area contributed by atoms with Gasteiger partial charge in [0.25, 0.3) is 5.91 Å². The maximum Gasteiger partial charge on any atom is 0.336 e. The minimum atomic E-state index is -1.07. The van der Waals surface area contributed by atoms with E-state index in [-0.39, 0.29) is 29.7 Å². The minimum Gasteiger partial charge on any atom is -0.490 e. The zero-order valence-electron chi connectivity index (χ0n) is 20.1. The van der Waals surface area contributed by atoms with E-state index in [1.165, 1.54) is 6.07 Å². The van der Waals surface area contributed by atoms with Gasteiger partial charge < -0.3 is 24.7 Å². The van der Waals surface area contributed by atoms with Crippen LogP contribution in [0.1, 0.15) is 57.5 Å². The van der Waals surface area contributed by atoms with Crippen LogP contribution < -0.4 is 4.74 Å². The molecule has 7 nitrogen and oxygen atoms in total. The summed E-state index contributed by atoms with van der Waals surface area (Å²) in [6.45, 7) is 6.04. The third-order valence-electron chi connectivity index (χ3n) is 7.09. The monoisotopic (exact) mass is 500 g/mol. The Bertz CT molecular complexity index is 1060. The van der Waals surface area contributed by atoms with Crippen LogP contribution in [0.25, 0.3) is 0 Å². The number of aliphatic hydroxyl groups is 1. The molecule has 2 aromatic rings. The number of amides is 1. The summed E-state index contributed by atoms with van der Waals surface area (Å²) < 4.78 is 6.11. The summed E-state index contributed by atoms with van der Waals surface area (Å²) in [7, 11) is 0. The molecule has 1 amide bonds. The van der Waals surface area contributed by atoms with E-state index in [0.29, 0.717) is 29.6 Å². The molecule has 0 spiro atoms. The summed E-state index contributed by atoms with van der Waals surface area (Å²) in [5.74, 6) is 0.00990. The first kappa shape index (κ1) is 25.5. The fraction of sp³-hybridized carbons (Fsp3) is 0.481.